The minimum Gasteiger partial charge on any atom is -0.491 e. The summed E-state index contributed by atoms with van der Waals surface area (Å²) in [6.07, 6.45) is 0.0369. The Morgan fingerprint density at radius 2 is 2.27 bits per heavy atom. The number of amides is 1. The van der Waals surface area contributed by atoms with Gasteiger partial charge >= 0.3 is 0 Å². The molecule has 0 unspecified atom stereocenters. The van der Waals surface area contributed by atoms with Crippen LogP contribution in [0.25, 0.3) is 10.4 Å². The lowest BCUT2D eigenvalue weighted by Gasteiger charge is -2.09. The number of benzene rings is 1. The highest BCUT2D eigenvalue weighted by atomic mass is 16.5. The van der Waals surface area contributed by atoms with Crippen LogP contribution in [0.4, 0.5) is 0 Å². The molecule has 0 heterocycles. The highest BCUT2D eigenvalue weighted by Gasteiger charge is 2.04. The van der Waals surface area contributed by atoms with Crippen LogP contribution in [0.15, 0.2) is 29.4 Å². The molecule has 1 aromatic rings. The third-order valence-corrected chi connectivity index (χ3v) is 1.59. The molecule has 0 N–H and O–H groups in total. The van der Waals surface area contributed by atoms with Crippen LogP contribution >= 0.6 is 0 Å². The van der Waals surface area contributed by atoms with Crippen molar-refractivity contribution in [2.45, 2.75) is 20.0 Å². The summed E-state index contributed by atoms with van der Waals surface area (Å²) in [6.45, 7) is 3.78. The molecule has 0 saturated carbocycles. The number of ether oxygens (including phenoxy) is 1. The fraction of sp³-hybridized carbons (Fsp3) is 0.300. The fourth-order valence-corrected chi connectivity index (χ4v) is 1.07. The number of azide groups is 1. The van der Waals surface area contributed by atoms with Gasteiger partial charge in [-0.15, -0.1) is 0 Å². The number of carbonyl (C=O) groups excluding carboxylic acids is 1. The molecule has 1 rings (SSSR count). The fourth-order valence-electron chi connectivity index (χ4n) is 1.07. The summed E-state index contributed by atoms with van der Waals surface area (Å²) in [4.78, 5) is 13.6. The second-order valence-electron chi connectivity index (χ2n) is 3.19. The van der Waals surface area contributed by atoms with E-state index >= 15 is 0 Å². The zero-order valence-electron chi connectivity index (χ0n) is 8.54. The van der Waals surface area contributed by atoms with E-state index in [2.05, 4.69) is 10.0 Å². The zero-order valence-corrected chi connectivity index (χ0v) is 8.54. The molecule has 0 bridgehead atoms. The quantitative estimate of drug-likeness (QED) is 0.432. The Hall–Kier alpha value is -2.00. The van der Waals surface area contributed by atoms with Gasteiger partial charge in [0.25, 0.3) is 0 Å². The van der Waals surface area contributed by atoms with E-state index in [9.17, 15) is 4.79 Å². The SMILES string of the molecule is CC(C)Oc1cccc(C(=O)N=[N+]=[N-])c1. The van der Waals surface area contributed by atoms with Crippen LogP contribution in [0.3, 0.4) is 0 Å². The average molecular weight is 205 g/mol. The van der Waals surface area contributed by atoms with E-state index in [1.807, 2.05) is 13.8 Å². The molecule has 5 nitrogen and oxygen atoms in total. The van der Waals surface area contributed by atoms with E-state index in [0.29, 0.717) is 11.3 Å². The van der Waals surface area contributed by atoms with Crippen molar-refractivity contribution < 1.29 is 9.53 Å². The van der Waals surface area contributed by atoms with Crippen molar-refractivity contribution in [2.75, 3.05) is 0 Å². The van der Waals surface area contributed by atoms with E-state index in [0.717, 1.165) is 0 Å². The van der Waals surface area contributed by atoms with Crippen LogP contribution in [-0.2, 0) is 0 Å². The largest absolute Gasteiger partial charge is 0.491 e. The smallest absolute Gasteiger partial charge is 0.249 e. The molecule has 1 aromatic carbocycles. The van der Waals surface area contributed by atoms with Crippen LogP contribution in [0.5, 0.6) is 5.75 Å². The van der Waals surface area contributed by atoms with Gasteiger partial charge in [0.05, 0.1) is 6.10 Å². The van der Waals surface area contributed by atoms with Gasteiger partial charge in [0.1, 0.15) is 5.75 Å². The number of rotatable bonds is 3. The van der Waals surface area contributed by atoms with Gasteiger partial charge < -0.3 is 4.74 Å². The van der Waals surface area contributed by atoms with Crippen LogP contribution in [-0.4, -0.2) is 12.0 Å². The summed E-state index contributed by atoms with van der Waals surface area (Å²) in [5.74, 6) is -0.0179. The van der Waals surface area contributed by atoms with Crippen molar-refractivity contribution >= 4 is 5.91 Å². The molecule has 0 fully saturated rings. The van der Waals surface area contributed by atoms with Crippen LogP contribution in [0, 0.1) is 0 Å². The predicted molar refractivity (Wildman–Crippen MR) is 55.7 cm³/mol. The summed E-state index contributed by atoms with van der Waals surface area (Å²) < 4.78 is 5.40. The van der Waals surface area contributed by atoms with Crippen LogP contribution < -0.4 is 4.74 Å². The van der Waals surface area contributed by atoms with Gasteiger partial charge in [0, 0.05) is 10.5 Å². The Bertz CT molecular complexity index is 409. The van der Waals surface area contributed by atoms with E-state index in [4.69, 9.17) is 10.3 Å². The molecule has 0 aliphatic heterocycles. The maximum absolute atomic E-state index is 11.2. The lowest BCUT2D eigenvalue weighted by atomic mass is 10.2. The summed E-state index contributed by atoms with van der Waals surface area (Å²) in [5, 5.41) is 3.00. The summed E-state index contributed by atoms with van der Waals surface area (Å²) in [6, 6.07) is 6.55. The molecule has 0 aliphatic rings. The van der Waals surface area contributed by atoms with E-state index in [1.165, 1.54) is 0 Å². The number of hydrogen-bond acceptors (Lipinski definition) is 2. The molecule has 0 aliphatic carbocycles. The van der Waals surface area contributed by atoms with Crippen molar-refractivity contribution in [1.29, 1.82) is 0 Å². The second-order valence-corrected chi connectivity index (χ2v) is 3.19. The topological polar surface area (TPSA) is 75.1 Å². The first-order chi connectivity index (χ1) is 7.13. The van der Waals surface area contributed by atoms with E-state index in [-0.39, 0.29) is 6.10 Å². The second kappa shape index (κ2) is 5.02. The lowest BCUT2D eigenvalue weighted by Crippen LogP contribution is -2.06. The summed E-state index contributed by atoms with van der Waals surface area (Å²) in [7, 11) is 0. The highest BCUT2D eigenvalue weighted by Crippen LogP contribution is 2.15. The third-order valence-electron chi connectivity index (χ3n) is 1.59. The van der Waals surface area contributed by atoms with Crippen molar-refractivity contribution in [3.63, 3.8) is 0 Å². The number of nitrogens with zero attached hydrogens (tertiary/aromatic N) is 3. The maximum atomic E-state index is 11.2. The Labute approximate surface area is 87.3 Å². The van der Waals surface area contributed by atoms with E-state index < -0.39 is 5.91 Å². The van der Waals surface area contributed by atoms with Gasteiger partial charge in [-0.1, -0.05) is 12.1 Å². The van der Waals surface area contributed by atoms with Gasteiger partial charge in [-0.3, -0.25) is 4.79 Å². The Morgan fingerprint density at radius 3 is 2.87 bits per heavy atom. The predicted octanol–water partition coefficient (Wildman–Crippen LogP) is 2.92. The van der Waals surface area contributed by atoms with Gasteiger partial charge in [-0.2, -0.15) is 0 Å². The average Bonchev–Trinajstić information content (AvgIpc) is 2.17. The molecule has 0 spiro atoms. The molecule has 0 atom stereocenters. The number of hydrogen-bond donors (Lipinski definition) is 0. The molecule has 0 aromatic heterocycles. The van der Waals surface area contributed by atoms with Crippen molar-refractivity contribution in [2.24, 2.45) is 5.11 Å². The minimum absolute atomic E-state index is 0.0369. The van der Waals surface area contributed by atoms with Gasteiger partial charge in [-0.25, -0.2) is 0 Å². The normalized spacial score (nSPS) is 9.53. The van der Waals surface area contributed by atoms with Crippen LogP contribution in [0.1, 0.15) is 24.2 Å². The molecule has 0 radical (unpaired) electrons. The Balaban J connectivity index is 2.92. The van der Waals surface area contributed by atoms with Gasteiger partial charge in [0.2, 0.25) is 5.91 Å². The summed E-state index contributed by atoms with van der Waals surface area (Å²) in [5.41, 5.74) is 8.44. The van der Waals surface area contributed by atoms with Gasteiger partial charge in [-0.05, 0) is 36.6 Å². The molecule has 1 amide bonds. The first kappa shape index (κ1) is 11.1. The lowest BCUT2D eigenvalue weighted by molar-refractivity contribution is 0.0999. The third kappa shape index (κ3) is 3.32. The first-order valence-corrected chi connectivity index (χ1v) is 4.49. The number of carbonyl (C=O) groups is 1. The molecule has 5 heteroatoms. The maximum Gasteiger partial charge on any atom is 0.249 e. The van der Waals surface area contributed by atoms with Crippen molar-refractivity contribution in [3.8, 4) is 5.75 Å². The molecule has 15 heavy (non-hydrogen) atoms. The van der Waals surface area contributed by atoms with Gasteiger partial charge in [0.15, 0.2) is 0 Å². The Morgan fingerprint density at radius 1 is 1.53 bits per heavy atom. The van der Waals surface area contributed by atoms with Crippen LogP contribution in [0.2, 0.25) is 0 Å². The molecule has 0 saturated heterocycles. The standard InChI is InChI=1S/C10H11N3O2/c1-7(2)15-9-5-3-4-8(6-9)10(14)12-13-11/h3-7H,1-2H3. The zero-order chi connectivity index (χ0) is 11.3. The minimum atomic E-state index is -0.605. The summed E-state index contributed by atoms with van der Waals surface area (Å²) >= 11 is 0. The highest BCUT2D eigenvalue weighted by molar-refractivity contribution is 5.95. The van der Waals surface area contributed by atoms with Crippen molar-refractivity contribution in [1.82, 2.24) is 0 Å². The molecular formula is C10H11N3O2. The Kier molecular flexibility index (Phi) is 3.71. The molecular weight excluding hydrogens is 194 g/mol. The van der Waals surface area contributed by atoms with E-state index in [1.54, 1.807) is 24.3 Å². The molecule has 78 valence electrons. The monoisotopic (exact) mass is 205 g/mol. The van der Waals surface area contributed by atoms with Crippen molar-refractivity contribution in [3.05, 3.63) is 40.3 Å². The first-order valence-electron chi connectivity index (χ1n) is 4.49.